The Balaban J connectivity index is 2.63. The van der Waals surface area contributed by atoms with E-state index in [0.717, 1.165) is 12.8 Å². The van der Waals surface area contributed by atoms with Crippen molar-refractivity contribution in [1.82, 2.24) is 9.78 Å². The second kappa shape index (κ2) is 4.04. The predicted molar refractivity (Wildman–Crippen MR) is 49.8 cm³/mol. The third kappa shape index (κ3) is 2.15. The largest absolute Gasteiger partial charge is 0.239 e. The zero-order valence-corrected chi connectivity index (χ0v) is 8.51. The zero-order valence-electron chi connectivity index (χ0n) is 6.35. The van der Waals surface area contributed by atoms with Gasteiger partial charge in [-0.25, -0.2) is 4.68 Å². The van der Waals surface area contributed by atoms with E-state index < -0.39 is 0 Å². The lowest BCUT2D eigenvalue weighted by Crippen LogP contribution is -2.02. The minimum Gasteiger partial charge on any atom is -0.239 e. The molecule has 0 aliphatic heterocycles. The molecule has 62 valence electrons. The minimum atomic E-state index is -0.209. The van der Waals surface area contributed by atoms with Crippen molar-refractivity contribution in [2.24, 2.45) is 0 Å². The van der Waals surface area contributed by atoms with Crippen LogP contribution in [0, 0.1) is 9.52 Å². The monoisotopic (exact) mass is 268 g/mol. The Morgan fingerprint density at radius 2 is 2.45 bits per heavy atom. The summed E-state index contributed by atoms with van der Waals surface area (Å²) in [7, 11) is 0. The Bertz CT molecular complexity index is 234. The van der Waals surface area contributed by atoms with Gasteiger partial charge in [-0.2, -0.15) is 9.49 Å². The average Bonchev–Trinajstić information content (AvgIpc) is 2.31. The first kappa shape index (κ1) is 8.96. The summed E-state index contributed by atoms with van der Waals surface area (Å²) in [5.74, 6) is -0.209. The molecule has 1 heterocycles. The van der Waals surface area contributed by atoms with Gasteiger partial charge >= 0.3 is 0 Å². The van der Waals surface area contributed by atoms with Crippen LogP contribution in [0.1, 0.15) is 19.8 Å². The highest BCUT2D eigenvalue weighted by Gasteiger charge is 2.05. The Hall–Kier alpha value is -0.130. The van der Waals surface area contributed by atoms with E-state index in [9.17, 15) is 4.39 Å². The molecular weight excluding hydrogens is 258 g/mol. The molecule has 0 bridgehead atoms. The van der Waals surface area contributed by atoms with Gasteiger partial charge in [0.15, 0.2) is 0 Å². The van der Waals surface area contributed by atoms with E-state index in [4.69, 9.17) is 0 Å². The molecule has 0 fully saturated rings. The fourth-order valence-electron chi connectivity index (χ4n) is 0.811. The summed E-state index contributed by atoms with van der Waals surface area (Å²) in [4.78, 5) is 0. The van der Waals surface area contributed by atoms with E-state index in [1.54, 1.807) is 6.20 Å². The molecule has 0 N–H and O–H groups in total. The van der Waals surface area contributed by atoms with Crippen molar-refractivity contribution in [3.05, 3.63) is 15.7 Å². The topological polar surface area (TPSA) is 17.8 Å². The molecule has 1 rings (SSSR count). The molecule has 11 heavy (non-hydrogen) atoms. The van der Waals surface area contributed by atoms with Crippen molar-refractivity contribution in [2.75, 3.05) is 0 Å². The maximum atomic E-state index is 13.0. The summed E-state index contributed by atoms with van der Waals surface area (Å²) in [6.07, 6.45) is 3.59. The molecule has 0 amide bonds. The van der Waals surface area contributed by atoms with Gasteiger partial charge in [-0.3, -0.25) is 0 Å². The van der Waals surface area contributed by atoms with Crippen molar-refractivity contribution < 1.29 is 4.39 Å². The first-order valence-electron chi connectivity index (χ1n) is 3.62. The number of hydrogen-bond donors (Lipinski definition) is 0. The highest BCUT2D eigenvalue weighted by atomic mass is 127. The van der Waals surface area contributed by atoms with Crippen LogP contribution in [0.2, 0.25) is 0 Å². The highest BCUT2D eigenvalue weighted by molar-refractivity contribution is 14.1. The predicted octanol–water partition coefficient (Wildman–Crippen LogP) is 2.43. The summed E-state index contributed by atoms with van der Waals surface area (Å²) in [5.41, 5.74) is 0. The first-order valence-corrected chi connectivity index (χ1v) is 4.70. The minimum absolute atomic E-state index is 0.209. The lowest BCUT2D eigenvalue weighted by molar-refractivity contribution is 0.441. The highest BCUT2D eigenvalue weighted by Crippen LogP contribution is 2.09. The van der Waals surface area contributed by atoms with E-state index in [1.807, 2.05) is 22.6 Å². The van der Waals surface area contributed by atoms with E-state index in [2.05, 4.69) is 12.0 Å². The fourth-order valence-corrected chi connectivity index (χ4v) is 1.21. The zero-order chi connectivity index (χ0) is 8.27. The maximum absolute atomic E-state index is 13.0. The number of hydrogen-bond acceptors (Lipinski definition) is 1. The molecule has 0 radical (unpaired) electrons. The molecule has 0 aromatic carbocycles. The molecule has 0 saturated carbocycles. The van der Waals surface area contributed by atoms with Crippen molar-refractivity contribution in [2.45, 2.75) is 26.3 Å². The number of unbranched alkanes of at least 4 members (excludes halogenated alkanes) is 1. The van der Waals surface area contributed by atoms with Crippen LogP contribution in [0.3, 0.4) is 0 Å². The quantitative estimate of drug-likeness (QED) is 0.770. The number of nitrogens with zero attached hydrogens (tertiary/aromatic N) is 2. The smallest absolute Gasteiger partial charge is 0.224 e. The summed E-state index contributed by atoms with van der Waals surface area (Å²) < 4.78 is 15.0. The Morgan fingerprint density at radius 3 is 2.91 bits per heavy atom. The molecule has 0 atom stereocenters. The van der Waals surface area contributed by atoms with Crippen LogP contribution in [-0.4, -0.2) is 9.78 Å². The van der Waals surface area contributed by atoms with Crippen LogP contribution in [0.15, 0.2) is 6.20 Å². The van der Waals surface area contributed by atoms with E-state index in [0.29, 0.717) is 10.1 Å². The number of rotatable bonds is 3. The molecule has 4 heteroatoms. The first-order chi connectivity index (χ1) is 5.25. The third-order valence-corrected chi connectivity index (χ3v) is 2.18. The maximum Gasteiger partial charge on any atom is 0.224 e. The molecule has 2 nitrogen and oxygen atoms in total. The normalized spacial score (nSPS) is 10.5. The number of aromatic nitrogens is 2. The molecule has 0 unspecified atom stereocenters. The van der Waals surface area contributed by atoms with Gasteiger partial charge in [0.25, 0.3) is 0 Å². The van der Waals surface area contributed by atoms with Gasteiger partial charge in [0.2, 0.25) is 5.95 Å². The molecule has 1 aromatic heterocycles. The van der Waals surface area contributed by atoms with E-state index in [-0.39, 0.29) is 5.95 Å². The molecule has 1 aromatic rings. The SMILES string of the molecule is CCCCn1ncc(I)c1F. The summed E-state index contributed by atoms with van der Waals surface area (Å²) >= 11 is 1.94. The van der Waals surface area contributed by atoms with Gasteiger partial charge in [-0.05, 0) is 29.0 Å². The number of halogens is 2. The Morgan fingerprint density at radius 1 is 1.73 bits per heavy atom. The van der Waals surface area contributed by atoms with Gasteiger partial charge in [0, 0.05) is 6.54 Å². The van der Waals surface area contributed by atoms with Crippen molar-refractivity contribution >= 4 is 22.6 Å². The van der Waals surface area contributed by atoms with Gasteiger partial charge in [0.1, 0.15) is 0 Å². The van der Waals surface area contributed by atoms with Gasteiger partial charge < -0.3 is 0 Å². The number of aryl methyl sites for hydroxylation is 1. The molecule has 0 aliphatic rings. The molecule has 0 aliphatic carbocycles. The van der Waals surface area contributed by atoms with Gasteiger partial charge in [0.05, 0.1) is 9.77 Å². The van der Waals surface area contributed by atoms with E-state index >= 15 is 0 Å². The average molecular weight is 268 g/mol. The van der Waals surface area contributed by atoms with Crippen LogP contribution in [-0.2, 0) is 6.54 Å². The van der Waals surface area contributed by atoms with Gasteiger partial charge in [-0.1, -0.05) is 13.3 Å². The van der Waals surface area contributed by atoms with Gasteiger partial charge in [-0.15, -0.1) is 0 Å². The van der Waals surface area contributed by atoms with Crippen molar-refractivity contribution in [3.8, 4) is 0 Å². The van der Waals surface area contributed by atoms with Crippen LogP contribution in [0.25, 0.3) is 0 Å². The van der Waals surface area contributed by atoms with Crippen LogP contribution >= 0.6 is 22.6 Å². The standard InChI is InChI=1S/C7H10FIN2/c1-2-3-4-11-7(8)6(9)5-10-11/h5H,2-4H2,1H3. The molecule has 0 spiro atoms. The van der Waals surface area contributed by atoms with Crippen molar-refractivity contribution in [3.63, 3.8) is 0 Å². The summed E-state index contributed by atoms with van der Waals surface area (Å²) in [5, 5.41) is 3.89. The van der Waals surface area contributed by atoms with Crippen LogP contribution in [0.5, 0.6) is 0 Å². The fraction of sp³-hybridized carbons (Fsp3) is 0.571. The summed E-state index contributed by atoms with van der Waals surface area (Å²) in [6.45, 7) is 2.76. The van der Waals surface area contributed by atoms with E-state index in [1.165, 1.54) is 4.68 Å². The van der Waals surface area contributed by atoms with Crippen molar-refractivity contribution in [1.29, 1.82) is 0 Å². The Labute approximate surface area is 78.9 Å². The Kier molecular flexibility index (Phi) is 3.29. The van der Waals surface area contributed by atoms with Crippen LogP contribution < -0.4 is 0 Å². The van der Waals surface area contributed by atoms with Crippen LogP contribution in [0.4, 0.5) is 4.39 Å². The second-order valence-corrected chi connectivity index (χ2v) is 3.52. The third-order valence-electron chi connectivity index (χ3n) is 1.46. The lowest BCUT2D eigenvalue weighted by Gasteiger charge is -1.98. The molecule has 0 saturated heterocycles. The lowest BCUT2D eigenvalue weighted by atomic mass is 10.3. The second-order valence-electron chi connectivity index (χ2n) is 2.36. The summed E-state index contributed by atoms with van der Waals surface area (Å²) in [6, 6.07) is 0. The molecular formula is C7H10FIN2.